The molecule has 2 aromatic carbocycles. The lowest BCUT2D eigenvalue weighted by Crippen LogP contribution is -2.12. The summed E-state index contributed by atoms with van der Waals surface area (Å²) in [5.74, 6) is 0.634. The monoisotopic (exact) mass is 358 g/mol. The molecule has 0 fully saturated rings. The number of hydrogen-bond acceptors (Lipinski definition) is 3. The lowest BCUT2D eigenvalue weighted by atomic mass is 9.86. The molecule has 0 aliphatic carbocycles. The van der Waals surface area contributed by atoms with Crippen LogP contribution in [0.5, 0.6) is 11.5 Å². The maximum atomic E-state index is 10.9. The Balaban J connectivity index is 2.62. The highest BCUT2D eigenvalue weighted by atomic mass is 32.2. The average molecular weight is 359 g/mol. The quantitative estimate of drug-likeness (QED) is 0.647. The Morgan fingerprint density at radius 2 is 0.960 bits per heavy atom. The highest BCUT2D eigenvalue weighted by Gasteiger charge is 2.25. The Morgan fingerprint density at radius 1 is 0.640 bits per heavy atom. The molecule has 0 unspecified atom stereocenters. The lowest BCUT2D eigenvalue weighted by molar-refractivity contribution is 0.431. The number of phenolic OH excluding ortho intramolecular Hbond substituents is 2. The lowest BCUT2D eigenvalue weighted by Gasteiger charge is -2.25. The molecule has 0 radical (unpaired) electrons. The molecule has 0 saturated carbocycles. The van der Waals surface area contributed by atoms with Crippen LogP contribution in [0.15, 0.2) is 34.1 Å². The largest absolute Gasteiger partial charge is 0.506 e. The average Bonchev–Trinajstić information content (AvgIpc) is 2.43. The van der Waals surface area contributed by atoms with Crippen LogP contribution in [0.25, 0.3) is 0 Å². The summed E-state index contributed by atoms with van der Waals surface area (Å²) in [6.07, 6.45) is 0. The molecule has 2 nitrogen and oxygen atoms in total. The van der Waals surface area contributed by atoms with Crippen molar-refractivity contribution in [3.05, 3.63) is 46.5 Å². The predicted octanol–water partition coefficient (Wildman–Crippen LogP) is 6.46. The summed E-state index contributed by atoms with van der Waals surface area (Å²) in [5, 5.41) is 21.8. The molecule has 0 saturated heterocycles. The van der Waals surface area contributed by atoms with E-state index < -0.39 is 0 Å². The first-order chi connectivity index (χ1) is 11.3. The molecule has 2 rings (SSSR count). The maximum absolute atomic E-state index is 10.9. The Morgan fingerprint density at radius 3 is 1.24 bits per heavy atom. The van der Waals surface area contributed by atoms with Crippen LogP contribution in [0.1, 0.15) is 63.8 Å². The fraction of sp³-hybridized carbons (Fsp3) is 0.455. The minimum atomic E-state index is -0.141. The van der Waals surface area contributed by atoms with Gasteiger partial charge in [0.2, 0.25) is 0 Å². The molecule has 0 atom stereocenters. The smallest absolute Gasteiger partial charge is 0.133 e. The molecule has 0 aliphatic heterocycles. The van der Waals surface area contributed by atoms with Crippen molar-refractivity contribution >= 4 is 11.8 Å². The van der Waals surface area contributed by atoms with Gasteiger partial charge >= 0.3 is 0 Å². The van der Waals surface area contributed by atoms with E-state index in [9.17, 15) is 10.2 Å². The second-order valence-corrected chi connectivity index (χ2v) is 9.84. The summed E-state index contributed by atoms with van der Waals surface area (Å²) in [6, 6.07) is 8.07. The predicted molar refractivity (Wildman–Crippen MR) is 107 cm³/mol. The minimum absolute atomic E-state index is 0.141. The van der Waals surface area contributed by atoms with E-state index in [1.165, 1.54) is 11.8 Å². The molecule has 0 spiro atoms. The van der Waals surface area contributed by atoms with E-state index in [0.717, 1.165) is 32.0 Å². The van der Waals surface area contributed by atoms with Gasteiger partial charge in [0, 0.05) is 11.1 Å². The normalized spacial score (nSPS) is 12.5. The van der Waals surface area contributed by atoms with E-state index in [0.29, 0.717) is 11.5 Å². The molecule has 3 heteroatoms. The van der Waals surface area contributed by atoms with Gasteiger partial charge < -0.3 is 10.2 Å². The third kappa shape index (κ3) is 3.98. The molecule has 2 N–H and O–H groups in total. The fourth-order valence-corrected chi connectivity index (χ4v) is 3.99. The van der Waals surface area contributed by atoms with Crippen molar-refractivity contribution in [2.75, 3.05) is 0 Å². The molecule has 0 bridgehead atoms. The molecule has 25 heavy (non-hydrogen) atoms. The Hall–Kier alpha value is -1.61. The van der Waals surface area contributed by atoms with Gasteiger partial charge in [-0.3, -0.25) is 0 Å². The summed E-state index contributed by atoms with van der Waals surface area (Å²) in [7, 11) is 0. The maximum Gasteiger partial charge on any atom is 0.133 e. The third-order valence-corrected chi connectivity index (χ3v) is 5.92. The Kier molecular flexibility index (Phi) is 5.21. The number of rotatable bonds is 2. The van der Waals surface area contributed by atoms with Gasteiger partial charge in [-0.15, -0.1) is 0 Å². The summed E-state index contributed by atoms with van der Waals surface area (Å²) < 4.78 is 0. The summed E-state index contributed by atoms with van der Waals surface area (Å²) in [5.41, 5.74) is 3.58. The highest BCUT2D eigenvalue weighted by molar-refractivity contribution is 7.99. The first kappa shape index (κ1) is 19.7. The number of hydrogen-bond donors (Lipinski definition) is 2. The van der Waals surface area contributed by atoms with Crippen molar-refractivity contribution in [1.82, 2.24) is 0 Å². The van der Waals surface area contributed by atoms with Crippen molar-refractivity contribution in [1.29, 1.82) is 0 Å². The fourth-order valence-electron chi connectivity index (χ4n) is 2.91. The van der Waals surface area contributed by atoms with Crippen molar-refractivity contribution in [3.8, 4) is 11.5 Å². The molecule has 136 valence electrons. The van der Waals surface area contributed by atoms with Gasteiger partial charge in [-0.05, 0) is 35.8 Å². The van der Waals surface area contributed by atoms with Crippen LogP contribution in [0.4, 0.5) is 0 Å². The van der Waals surface area contributed by atoms with Gasteiger partial charge in [-0.2, -0.15) is 0 Å². The van der Waals surface area contributed by atoms with Crippen molar-refractivity contribution in [2.24, 2.45) is 0 Å². The van der Waals surface area contributed by atoms with Gasteiger partial charge in [-0.25, -0.2) is 0 Å². The Bertz CT molecular complexity index is 726. The number of benzene rings is 2. The van der Waals surface area contributed by atoms with E-state index in [1.807, 2.05) is 38.1 Å². The third-order valence-electron chi connectivity index (χ3n) is 4.48. The number of phenols is 2. The summed E-state index contributed by atoms with van der Waals surface area (Å²) in [6.45, 7) is 16.5. The zero-order chi connectivity index (χ0) is 19.2. The van der Waals surface area contributed by atoms with Gasteiger partial charge in [0.15, 0.2) is 0 Å². The molecular formula is C22H30O2S. The molecular weight excluding hydrogens is 328 g/mol. The van der Waals surface area contributed by atoms with E-state index in [-0.39, 0.29) is 10.8 Å². The second-order valence-electron chi connectivity index (χ2n) is 8.82. The van der Waals surface area contributed by atoms with Gasteiger partial charge in [0.1, 0.15) is 11.5 Å². The summed E-state index contributed by atoms with van der Waals surface area (Å²) >= 11 is 1.45. The van der Waals surface area contributed by atoms with Gasteiger partial charge in [0.25, 0.3) is 0 Å². The van der Waals surface area contributed by atoms with Crippen LogP contribution in [0, 0.1) is 13.8 Å². The zero-order valence-electron chi connectivity index (χ0n) is 16.6. The standard InChI is InChI=1S/C22H30O2S/c1-13-9-11-15(21(3,4)5)17(23)19(13)25-20-14(2)10-12-16(18(20)24)22(6,7)8/h9-12,23-24H,1-8H3. The second kappa shape index (κ2) is 6.60. The van der Waals surface area contributed by atoms with Crippen LogP contribution in [-0.2, 0) is 10.8 Å². The molecule has 0 aromatic heterocycles. The number of aromatic hydroxyl groups is 2. The van der Waals surface area contributed by atoms with E-state index >= 15 is 0 Å². The molecule has 2 aromatic rings. The highest BCUT2D eigenvalue weighted by Crippen LogP contribution is 2.48. The van der Waals surface area contributed by atoms with Crippen LogP contribution < -0.4 is 0 Å². The van der Waals surface area contributed by atoms with Crippen LogP contribution in [-0.4, -0.2) is 10.2 Å². The first-order valence-electron chi connectivity index (χ1n) is 8.68. The van der Waals surface area contributed by atoms with E-state index in [2.05, 4.69) is 41.5 Å². The molecule has 0 heterocycles. The van der Waals surface area contributed by atoms with Gasteiger partial charge in [0.05, 0.1) is 9.79 Å². The molecule has 0 amide bonds. The molecule has 0 aliphatic rings. The number of aryl methyl sites for hydroxylation is 2. The zero-order valence-corrected chi connectivity index (χ0v) is 17.4. The van der Waals surface area contributed by atoms with Crippen LogP contribution in [0.2, 0.25) is 0 Å². The SMILES string of the molecule is Cc1ccc(C(C)(C)C)c(O)c1Sc1c(C)ccc(C(C)(C)C)c1O. The van der Waals surface area contributed by atoms with Crippen molar-refractivity contribution in [2.45, 2.75) is 76.0 Å². The summed E-state index contributed by atoms with van der Waals surface area (Å²) in [4.78, 5) is 1.63. The van der Waals surface area contributed by atoms with E-state index in [4.69, 9.17) is 0 Å². The van der Waals surface area contributed by atoms with Gasteiger partial charge in [-0.1, -0.05) is 77.6 Å². The minimum Gasteiger partial charge on any atom is -0.506 e. The topological polar surface area (TPSA) is 40.5 Å². The van der Waals surface area contributed by atoms with Crippen LogP contribution in [0.3, 0.4) is 0 Å². The van der Waals surface area contributed by atoms with Crippen LogP contribution >= 0.6 is 11.8 Å². The van der Waals surface area contributed by atoms with Crippen molar-refractivity contribution in [3.63, 3.8) is 0 Å². The van der Waals surface area contributed by atoms with E-state index in [1.54, 1.807) is 0 Å². The van der Waals surface area contributed by atoms with Crippen molar-refractivity contribution < 1.29 is 10.2 Å². The first-order valence-corrected chi connectivity index (χ1v) is 9.49. The Labute approximate surface area is 156 Å².